The molecule has 4 nitrogen and oxygen atoms in total. The second kappa shape index (κ2) is 6.14. The number of nitrogens with zero attached hydrogens (tertiary/aromatic N) is 2. The van der Waals surface area contributed by atoms with Gasteiger partial charge in [-0.1, -0.05) is 20.8 Å². The van der Waals surface area contributed by atoms with Crippen molar-refractivity contribution in [3.8, 4) is 11.5 Å². The summed E-state index contributed by atoms with van der Waals surface area (Å²) in [7, 11) is 3.27. The SMILES string of the molecule is COc1cc2nc(CCl)n(CCC(C)(C)C)c2cc1OC. The number of imidazole rings is 1. The van der Waals surface area contributed by atoms with Crippen molar-refractivity contribution in [3.05, 3.63) is 18.0 Å². The molecule has 0 amide bonds. The number of aromatic nitrogens is 2. The number of aryl methyl sites for hydroxylation is 1. The summed E-state index contributed by atoms with van der Waals surface area (Å²) in [5.74, 6) is 2.67. The van der Waals surface area contributed by atoms with Crippen molar-refractivity contribution in [2.45, 2.75) is 39.6 Å². The Morgan fingerprint density at radius 2 is 1.76 bits per heavy atom. The summed E-state index contributed by atoms with van der Waals surface area (Å²) in [4.78, 5) is 4.61. The molecule has 0 saturated carbocycles. The van der Waals surface area contributed by atoms with Crippen molar-refractivity contribution >= 4 is 22.6 Å². The lowest BCUT2D eigenvalue weighted by Gasteiger charge is -2.19. The molecular weight excluding hydrogens is 288 g/mol. The third kappa shape index (κ3) is 3.43. The van der Waals surface area contributed by atoms with Crippen LogP contribution in [0.25, 0.3) is 11.0 Å². The Morgan fingerprint density at radius 1 is 1.14 bits per heavy atom. The molecule has 0 bridgehead atoms. The molecule has 0 spiro atoms. The molecule has 1 aromatic carbocycles. The Balaban J connectivity index is 2.51. The fourth-order valence-corrected chi connectivity index (χ4v) is 2.50. The first-order valence-corrected chi connectivity index (χ1v) is 7.60. The van der Waals surface area contributed by atoms with Crippen LogP contribution < -0.4 is 9.47 Å². The highest BCUT2D eigenvalue weighted by Gasteiger charge is 2.17. The minimum Gasteiger partial charge on any atom is -0.493 e. The highest BCUT2D eigenvalue weighted by atomic mass is 35.5. The second-order valence-electron chi connectivity index (χ2n) is 6.32. The summed E-state index contributed by atoms with van der Waals surface area (Å²) in [5, 5.41) is 0. The first-order valence-electron chi connectivity index (χ1n) is 7.06. The molecule has 0 aliphatic rings. The zero-order chi connectivity index (χ0) is 15.6. The molecule has 0 radical (unpaired) electrons. The zero-order valence-corrected chi connectivity index (χ0v) is 14.1. The number of alkyl halides is 1. The third-order valence-corrected chi connectivity index (χ3v) is 3.78. The first kappa shape index (κ1) is 16.0. The van der Waals surface area contributed by atoms with E-state index in [2.05, 4.69) is 30.3 Å². The minimum atomic E-state index is 0.261. The molecule has 0 aliphatic carbocycles. The Kier molecular flexibility index (Phi) is 4.67. The molecule has 0 unspecified atom stereocenters. The van der Waals surface area contributed by atoms with Crippen molar-refractivity contribution < 1.29 is 9.47 Å². The Labute approximate surface area is 131 Å². The van der Waals surface area contributed by atoms with Gasteiger partial charge in [-0.2, -0.15) is 0 Å². The van der Waals surface area contributed by atoms with Crippen LogP contribution in [-0.4, -0.2) is 23.8 Å². The van der Waals surface area contributed by atoms with Crippen LogP contribution in [-0.2, 0) is 12.4 Å². The highest BCUT2D eigenvalue weighted by Crippen LogP contribution is 2.33. The van der Waals surface area contributed by atoms with E-state index < -0.39 is 0 Å². The molecular formula is C16H23ClN2O2. The predicted octanol–water partition coefficient (Wildman–Crippen LogP) is 4.23. The Hall–Kier alpha value is -1.42. The number of ether oxygens (including phenoxy) is 2. The maximum absolute atomic E-state index is 6.06. The molecule has 21 heavy (non-hydrogen) atoms. The van der Waals surface area contributed by atoms with E-state index in [1.54, 1.807) is 14.2 Å². The third-order valence-electron chi connectivity index (χ3n) is 3.54. The van der Waals surface area contributed by atoms with Crippen LogP contribution >= 0.6 is 11.6 Å². The molecule has 0 fully saturated rings. The Morgan fingerprint density at radius 3 is 2.29 bits per heavy atom. The summed E-state index contributed by atoms with van der Waals surface area (Å²) in [5.41, 5.74) is 2.18. The summed E-state index contributed by atoms with van der Waals surface area (Å²) in [6.07, 6.45) is 1.05. The fraction of sp³-hybridized carbons (Fsp3) is 0.562. The van der Waals surface area contributed by atoms with Gasteiger partial charge in [0.05, 0.1) is 31.1 Å². The van der Waals surface area contributed by atoms with Crippen LogP contribution in [0.1, 0.15) is 33.0 Å². The molecule has 1 aromatic heterocycles. The molecule has 0 atom stereocenters. The topological polar surface area (TPSA) is 36.3 Å². The molecule has 0 aliphatic heterocycles. The summed E-state index contributed by atoms with van der Waals surface area (Å²) < 4.78 is 12.9. The van der Waals surface area contributed by atoms with Crippen molar-refractivity contribution in [1.29, 1.82) is 0 Å². The zero-order valence-electron chi connectivity index (χ0n) is 13.4. The lowest BCUT2D eigenvalue weighted by molar-refractivity contribution is 0.349. The number of halogens is 1. The monoisotopic (exact) mass is 310 g/mol. The maximum Gasteiger partial charge on any atom is 0.163 e. The molecule has 2 aromatic rings. The smallest absolute Gasteiger partial charge is 0.163 e. The van der Waals surface area contributed by atoms with Gasteiger partial charge in [0.1, 0.15) is 5.82 Å². The maximum atomic E-state index is 6.06. The van der Waals surface area contributed by atoms with Crippen LogP contribution in [0.4, 0.5) is 0 Å². The molecule has 0 N–H and O–H groups in total. The van der Waals surface area contributed by atoms with Gasteiger partial charge in [-0.15, -0.1) is 11.6 Å². The van der Waals surface area contributed by atoms with Gasteiger partial charge in [0.2, 0.25) is 0 Å². The minimum absolute atomic E-state index is 0.261. The van der Waals surface area contributed by atoms with E-state index in [0.717, 1.165) is 29.8 Å². The van der Waals surface area contributed by atoms with Crippen LogP contribution in [0.5, 0.6) is 11.5 Å². The molecule has 2 rings (SSSR count). The van der Waals surface area contributed by atoms with E-state index in [9.17, 15) is 0 Å². The average molecular weight is 311 g/mol. The van der Waals surface area contributed by atoms with Crippen LogP contribution in [0.3, 0.4) is 0 Å². The van der Waals surface area contributed by atoms with Gasteiger partial charge in [0, 0.05) is 18.7 Å². The van der Waals surface area contributed by atoms with E-state index in [4.69, 9.17) is 21.1 Å². The summed E-state index contributed by atoms with van der Waals surface area (Å²) in [6, 6.07) is 3.87. The molecule has 0 saturated heterocycles. The normalized spacial score (nSPS) is 11.9. The quantitative estimate of drug-likeness (QED) is 0.775. The lowest BCUT2D eigenvalue weighted by Crippen LogP contribution is -2.12. The number of hydrogen-bond donors (Lipinski definition) is 0. The number of rotatable bonds is 5. The average Bonchev–Trinajstić information content (AvgIpc) is 2.79. The van der Waals surface area contributed by atoms with Gasteiger partial charge >= 0.3 is 0 Å². The Bertz CT molecular complexity index is 629. The van der Waals surface area contributed by atoms with Crippen molar-refractivity contribution in [3.63, 3.8) is 0 Å². The van der Waals surface area contributed by atoms with Crippen molar-refractivity contribution in [1.82, 2.24) is 9.55 Å². The van der Waals surface area contributed by atoms with Crippen molar-refractivity contribution in [2.75, 3.05) is 14.2 Å². The van der Waals surface area contributed by atoms with E-state index in [-0.39, 0.29) is 5.41 Å². The second-order valence-corrected chi connectivity index (χ2v) is 6.59. The summed E-state index contributed by atoms with van der Waals surface area (Å²) in [6.45, 7) is 7.58. The molecule has 5 heteroatoms. The lowest BCUT2D eigenvalue weighted by atomic mass is 9.92. The van der Waals surface area contributed by atoms with E-state index in [0.29, 0.717) is 17.4 Å². The standard InChI is InChI=1S/C16H23ClN2O2/c1-16(2,3)6-7-19-12-9-14(21-5)13(20-4)8-11(12)18-15(19)10-17/h8-9H,6-7,10H2,1-5H3. The van der Waals surface area contributed by atoms with E-state index in [1.807, 2.05) is 12.1 Å². The molecule has 116 valence electrons. The van der Waals surface area contributed by atoms with E-state index in [1.165, 1.54) is 0 Å². The first-order chi connectivity index (χ1) is 9.89. The van der Waals surface area contributed by atoms with Gasteiger partial charge in [-0.25, -0.2) is 4.98 Å². The van der Waals surface area contributed by atoms with Gasteiger partial charge < -0.3 is 14.0 Å². The van der Waals surface area contributed by atoms with Crippen LogP contribution in [0.15, 0.2) is 12.1 Å². The number of benzene rings is 1. The highest BCUT2D eigenvalue weighted by molar-refractivity contribution is 6.16. The summed E-state index contributed by atoms with van der Waals surface area (Å²) >= 11 is 6.06. The van der Waals surface area contributed by atoms with Gasteiger partial charge in [-0.05, 0) is 11.8 Å². The van der Waals surface area contributed by atoms with Crippen LogP contribution in [0, 0.1) is 5.41 Å². The van der Waals surface area contributed by atoms with Gasteiger partial charge in [0.15, 0.2) is 11.5 Å². The number of methoxy groups -OCH3 is 2. The van der Waals surface area contributed by atoms with Crippen molar-refractivity contribution in [2.24, 2.45) is 5.41 Å². The van der Waals surface area contributed by atoms with Crippen LogP contribution in [0.2, 0.25) is 0 Å². The fourth-order valence-electron chi connectivity index (χ4n) is 2.30. The molecule has 1 heterocycles. The van der Waals surface area contributed by atoms with E-state index >= 15 is 0 Å². The van der Waals surface area contributed by atoms with Gasteiger partial charge in [0.25, 0.3) is 0 Å². The van der Waals surface area contributed by atoms with Gasteiger partial charge in [-0.3, -0.25) is 0 Å². The number of fused-ring (bicyclic) bond motifs is 1. The largest absolute Gasteiger partial charge is 0.493 e. The number of hydrogen-bond acceptors (Lipinski definition) is 3. The predicted molar refractivity (Wildman–Crippen MR) is 86.5 cm³/mol.